The smallest absolute Gasteiger partial charge is 0.336 e. The maximum absolute atomic E-state index is 12.8. The molecule has 1 heterocycles. The van der Waals surface area contributed by atoms with Gasteiger partial charge in [-0.05, 0) is 24.1 Å². The predicted octanol–water partition coefficient (Wildman–Crippen LogP) is 3.44. The van der Waals surface area contributed by atoms with Crippen molar-refractivity contribution in [2.24, 2.45) is 16.0 Å². The van der Waals surface area contributed by atoms with E-state index in [9.17, 15) is 9.59 Å². The van der Waals surface area contributed by atoms with Gasteiger partial charge in [0.2, 0.25) is 0 Å². The van der Waals surface area contributed by atoms with Crippen LogP contribution in [0.15, 0.2) is 45.6 Å². The molecule has 0 saturated heterocycles. The lowest BCUT2D eigenvalue weighted by Crippen LogP contribution is -2.33. The van der Waals surface area contributed by atoms with E-state index in [0.29, 0.717) is 16.3 Å². The van der Waals surface area contributed by atoms with Gasteiger partial charge < -0.3 is 14.2 Å². The first-order valence-corrected chi connectivity index (χ1v) is 9.28. The van der Waals surface area contributed by atoms with Gasteiger partial charge in [0.1, 0.15) is 5.92 Å². The van der Waals surface area contributed by atoms with Crippen molar-refractivity contribution in [3.8, 4) is 0 Å². The topological polar surface area (TPSA) is 123 Å². The van der Waals surface area contributed by atoms with Gasteiger partial charge in [-0.15, -0.1) is 0 Å². The van der Waals surface area contributed by atoms with Gasteiger partial charge in [-0.3, -0.25) is 9.79 Å². The van der Waals surface area contributed by atoms with E-state index in [1.54, 1.807) is 31.2 Å². The Kier molecular flexibility index (Phi) is 8.67. The summed E-state index contributed by atoms with van der Waals surface area (Å²) in [6.45, 7) is 2.09. The zero-order valence-corrected chi connectivity index (χ0v) is 16.8. The van der Waals surface area contributed by atoms with Crippen molar-refractivity contribution in [3.63, 3.8) is 0 Å². The maximum atomic E-state index is 12.8. The summed E-state index contributed by atoms with van der Waals surface area (Å²) in [5.41, 5.74) is 9.40. The monoisotopic (exact) mass is 420 g/mol. The normalized spacial score (nSPS) is 18.2. The van der Waals surface area contributed by atoms with E-state index < -0.39 is 23.8 Å². The fourth-order valence-electron chi connectivity index (χ4n) is 2.98. The van der Waals surface area contributed by atoms with Crippen molar-refractivity contribution in [3.05, 3.63) is 56.6 Å². The molecule has 1 aromatic rings. The second kappa shape index (κ2) is 11.2. The summed E-state index contributed by atoms with van der Waals surface area (Å²) in [5.74, 6) is -2.77. The summed E-state index contributed by atoms with van der Waals surface area (Å²) in [6.07, 6.45) is 1.43. The molecule has 0 amide bonds. The van der Waals surface area contributed by atoms with E-state index in [4.69, 9.17) is 31.3 Å². The predicted molar refractivity (Wildman–Crippen MR) is 107 cm³/mol. The van der Waals surface area contributed by atoms with Gasteiger partial charge in [0.05, 0.1) is 38.2 Å². The largest absolute Gasteiger partial charge is 0.468 e. The van der Waals surface area contributed by atoms with Crippen molar-refractivity contribution in [1.82, 2.24) is 0 Å². The van der Waals surface area contributed by atoms with E-state index in [2.05, 4.69) is 15.0 Å². The second-order valence-electron chi connectivity index (χ2n) is 5.91. The molecule has 0 fully saturated rings. The summed E-state index contributed by atoms with van der Waals surface area (Å²) in [6, 6.07) is 6.93. The minimum absolute atomic E-state index is 0.0273. The van der Waals surface area contributed by atoms with Crippen molar-refractivity contribution >= 4 is 29.8 Å². The average molecular weight is 421 g/mol. The van der Waals surface area contributed by atoms with E-state index in [1.807, 2.05) is 0 Å². The molecule has 0 radical (unpaired) electrons. The number of aliphatic imine (C=N–C) groups is 1. The molecule has 0 spiro atoms. The minimum atomic E-state index is -0.855. The zero-order valence-electron chi connectivity index (χ0n) is 16.1. The number of nitrogens with zero attached hydrogens (tertiary/aromatic N) is 4. The Bertz CT molecular complexity index is 864. The van der Waals surface area contributed by atoms with Crippen molar-refractivity contribution in [1.29, 1.82) is 0 Å². The van der Waals surface area contributed by atoms with E-state index in [0.717, 1.165) is 0 Å². The van der Waals surface area contributed by atoms with Gasteiger partial charge in [0, 0.05) is 28.6 Å². The Labute approximate surface area is 172 Å². The zero-order chi connectivity index (χ0) is 21.2. The number of hydrogen-bond donors (Lipinski definition) is 0. The van der Waals surface area contributed by atoms with Gasteiger partial charge in [-0.25, -0.2) is 4.79 Å². The van der Waals surface area contributed by atoms with Crippen LogP contribution >= 0.6 is 11.6 Å². The summed E-state index contributed by atoms with van der Waals surface area (Å²) >= 11 is 6.38. The maximum Gasteiger partial charge on any atom is 0.336 e. The molecule has 0 bridgehead atoms. The van der Waals surface area contributed by atoms with Crippen LogP contribution in [0.4, 0.5) is 0 Å². The number of esters is 2. The van der Waals surface area contributed by atoms with Crippen LogP contribution in [0.5, 0.6) is 0 Å². The number of ether oxygens (including phenoxy) is 3. The van der Waals surface area contributed by atoms with Crippen LogP contribution in [0.1, 0.15) is 18.4 Å². The minimum Gasteiger partial charge on any atom is -0.468 e. The number of azide groups is 1. The Balaban J connectivity index is 2.50. The molecule has 1 aliphatic rings. The molecule has 1 unspecified atom stereocenters. The molecule has 29 heavy (non-hydrogen) atoms. The van der Waals surface area contributed by atoms with Crippen LogP contribution in [-0.2, 0) is 23.8 Å². The molecule has 1 aliphatic heterocycles. The molecular weight excluding hydrogens is 400 g/mol. The third kappa shape index (κ3) is 5.57. The van der Waals surface area contributed by atoms with Crippen molar-refractivity contribution in [2.45, 2.75) is 12.8 Å². The number of halogens is 1. The first-order valence-electron chi connectivity index (χ1n) is 8.90. The summed E-state index contributed by atoms with van der Waals surface area (Å²) < 4.78 is 15.6. The highest BCUT2D eigenvalue weighted by atomic mass is 35.5. The van der Waals surface area contributed by atoms with Crippen LogP contribution in [0.25, 0.3) is 10.4 Å². The van der Waals surface area contributed by atoms with Crippen LogP contribution in [0, 0.1) is 5.92 Å². The first-order chi connectivity index (χ1) is 14.0. The van der Waals surface area contributed by atoms with E-state index >= 15 is 0 Å². The lowest BCUT2D eigenvalue weighted by molar-refractivity contribution is -0.143. The van der Waals surface area contributed by atoms with Crippen LogP contribution < -0.4 is 0 Å². The molecule has 10 heteroatoms. The van der Waals surface area contributed by atoms with E-state index in [-0.39, 0.29) is 31.9 Å². The van der Waals surface area contributed by atoms with Gasteiger partial charge in [-0.1, -0.05) is 34.9 Å². The van der Waals surface area contributed by atoms with Gasteiger partial charge in [0.25, 0.3) is 0 Å². The molecule has 154 valence electrons. The molecule has 9 nitrogen and oxygen atoms in total. The molecule has 0 N–H and O–H groups in total. The number of hydrogen-bond acceptors (Lipinski definition) is 7. The Morgan fingerprint density at radius 3 is 2.76 bits per heavy atom. The summed E-state index contributed by atoms with van der Waals surface area (Å²) in [4.78, 5) is 32.2. The number of benzene rings is 1. The molecule has 1 aromatic carbocycles. The fraction of sp³-hybridized carbons (Fsp3) is 0.421. The summed E-state index contributed by atoms with van der Waals surface area (Å²) in [7, 11) is 1.27. The number of rotatable bonds is 9. The molecular formula is C19H21ClN4O5. The molecule has 2 atom stereocenters. The third-order valence-corrected chi connectivity index (χ3v) is 4.56. The van der Waals surface area contributed by atoms with Crippen LogP contribution in [-0.4, -0.2) is 51.6 Å². The first kappa shape index (κ1) is 22.4. The SMILES string of the molecule is CCOC(=O)C1=C(COCCN=[N+]=[N-])N=CC(C(=O)OC)[C@H]1c1ccccc1Cl. The Hall–Kier alpha value is -2.87. The molecule has 0 saturated carbocycles. The fourth-order valence-corrected chi connectivity index (χ4v) is 3.24. The number of methoxy groups -OCH3 is 1. The lowest BCUT2D eigenvalue weighted by Gasteiger charge is -2.29. The highest BCUT2D eigenvalue weighted by Gasteiger charge is 2.40. The van der Waals surface area contributed by atoms with Gasteiger partial charge in [0.15, 0.2) is 0 Å². The Morgan fingerprint density at radius 1 is 1.34 bits per heavy atom. The van der Waals surface area contributed by atoms with Crippen molar-refractivity contribution in [2.75, 3.05) is 33.5 Å². The quantitative estimate of drug-likeness (QED) is 0.199. The molecule has 2 rings (SSSR count). The highest BCUT2D eigenvalue weighted by Crippen LogP contribution is 2.40. The second-order valence-corrected chi connectivity index (χ2v) is 6.32. The van der Waals surface area contributed by atoms with Crippen molar-refractivity contribution < 1.29 is 23.8 Å². The van der Waals surface area contributed by atoms with Crippen LogP contribution in [0.3, 0.4) is 0 Å². The lowest BCUT2D eigenvalue weighted by atomic mass is 9.78. The van der Waals surface area contributed by atoms with E-state index in [1.165, 1.54) is 13.3 Å². The van der Waals surface area contributed by atoms with Gasteiger partial charge in [-0.2, -0.15) is 0 Å². The summed E-state index contributed by atoms with van der Waals surface area (Å²) in [5, 5.41) is 3.78. The number of carbonyl (C=O) groups excluding carboxylic acids is 2. The standard InChI is InChI=1S/C19H21ClN4O5/c1-3-29-19(26)17-15(11-28-9-8-23-24-21)22-10-13(18(25)27-2)16(17)12-6-4-5-7-14(12)20/h4-7,10,13,16H,3,8-9,11H2,1-2H3/t13?,16-/m1/s1. The third-order valence-electron chi connectivity index (χ3n) is 4.22. The average Bonchev–Trinajstić information content (AvgIpc) is 2.73. The van der Waals surface area contributed by atoms with Crippen LogP contribution in [0.2, 0.25) is 5.02 Å². The molecule has 0 aromatic heterocycles. The highest BCUT2D eigenvalue weighted by molar-refractivity contribution is 6.31. The van der Waals surface area contributed by atoms with Gasteiger partial charge >= 0.3 is 11.9 Å². The molecule has 0 aliphatic carbocycles. The Morgan fingerprint density at radius 2 is 2.10 bits per heavy atom. The number of carbonyl (C=O) groups is 2.